The average Bonchev–Trinajstić information content (AvgIpc) is 3.31. The summed E-state index contributed by atoms with van der Waals surface area (Å²) < 4.78 is 7.08. The maximum Gasteiger partial charge on any atom is 0.291 e. The minimum Gasteiger partial charge on any atom is -0.463 e. The molecule has 0 bridgehead atoms. The quantitative estimate of drug-likeness (QED) is 0.487. The van der Waals surface area contributed by atoms with Crippen molar-refractivity contribution in [1.82, 2.24) is 25.0 Å². The van der Waals surface area contributed by atoms with Gasteiger partial charge in [0, 0.05) is 16.3 Å². The van der Waals surface area contributed by atoms with Crippen LogP contribution in [-0.4, -0.2) is 38.7 Å². The minimum atomic E-state index is -0.313. The molecule has 166 valence electrons. The first kappa shape index (κ1) is 20.5. The molecule has 0 spiro atoms. The van der Waals surface area contributed by atoms with Crippen LogP contribution in [0.15, 0.2) is 51.8 Å². The topological polar surface area (TPSA) is 96.2 Å². The van der Waals surface area contributed by atoms with E-state index in [0.717, 1.165) is 41.7 Å². The summed E-state index contributed by atoms with van der Waals surface area (Å²) in [5.41, 5.74) is 1.02. The average molecular weight is 434 g/mol. The van der Waals surface area contributed by atoms with Gasteiger partial charge in [0.1, 0.15) is 23.6 Å². The van der Waals surface area contributed by atoms with E-state index in [1.807, 2.05) is 36.4 Å². The predicted molar refractivity (Wildman–Crippen MR) is 122 cm³/mol. The second-order valence-electron chi connectivity index (χ2n) is 8.40. The molecule has 0 aliphatic carbocycles. The zero-order valence-electron chi connectivity index (χ0n) is 18.0. The number of H-pyrrole nitrogens is 1. The number of likely N-dealkylation sites (tertiary alicyclic amines) is 1. The van der Waals surface area contributed by atoms with Crippen LogP contribution in [0.25, 0.3) is 21.8 Å². The lowest BCUT2D eigenvalue weighted by Crippen LogP contribution is -2.33. The van der Waals surface area contributed by atoms with Gasteiger partial charge in [0.15, 0.2) is 0 Å². The molecule has 0 radical (unpaired) electrons. The van der Waals surface area contributed by atoms with Gasteiger partial charge in [-0.25, -0.2) is 4.68 Å². The van der Waals surface area contributed by atoms with E-state index in [9.17, 15) is 9.59 Å². The number of carbonyl (C=O) groups excluding carboxylic acids is 1. The van der Waals surface area contributed by atoms with E-state index in [4.69, 9.17) is 4.42 Å². The summed E-state index contributed by atoms with van der Waals surface area (Å²) in [7, 11) is 0. The third-order valence-electron chi connectivity index (χ3n) is 6.07. The first-order valence-corrected chi connectivity index (χ1v) is 11.2. The molecule has 1 fully saturated rings. The molecule has 32 heavy (non-hydrogen) atoms. The number of nitrogens with zero attached hydrogens (tertiary/aromatic N) is 3. The molecule has 1 aliphatic heterocycles. The fraction of sp³-hybridized carbons (Fsp3) is 0.375. The molecule has 1 aliphatic rings. The first-order chi connectivity index (χ1) is 15.7. The fourth-order valence-electron chi connectivity index (χ4n) is 4.38. The van der Waals surface area contributed by atoms with Gasteiger partial charge >= 0.3 is 0 Å². The number of amides is 1. The molecular weight excluding hydrogens is 406 g/mol. The SMILES string of the molecule is O=C(Cn1ncc2c([nH]c3ccccc32)c1=O)NCc1ccc(CN2CCCCCC2)o1. The Morgan fingerprint density at radius 1 is 1.03 bits per heavy atom. The third kappa shape index (κ3) is 4.31. The lowest BCUT2D eigenvalue weighted by atomic mass is 10.2. The maximum absolute atomic E-state index is 12.8. The molecule has 3 aromatic heterocycles. The molecular formula is C24H27N5O3. The van der Waals surface area contributed by atoms with E-state index in [0.29, 0.717) is 11.3 Å². The Morgan fingerprint density at radius 3 is 2.66 bits per heavy atom. The van der Waals surface area contributed by atoms with Gasteiger partial charge in [0.2, 0.25) is 5.91 Å². The van der Waals surface area contributed by atoms with Crippen molar-refractivity contribution in [2.75, 3.05) is 13.1 Å². The molecule has 0 unspecified atom stereocenters. The van der Waals surface area contributed by atoms with E-state index < -0.39 is 0 Å². The number of rotatable bonds is 6. The van der Waals surface area contributed by atoms with Crippen LogP contribution in [-0.2, 0) is 24.4 Å². The van der Waals surface area contributed by atoms with Gasteiger partial charge in [0.05, 0.1) is 19.3 Å². The van der Waals surface area contributed by atoms with E-state index >= 15 is 0 Å². The number of hydrogen-bond donors (Lipinski definition) is 2. The molecule has 4 heterocycles. The third-order valence-corrected chi connectivity index (χ3v) is 6.07. The van der Waals surface area contributed by atoms with Crippen molar-refractivity contribution in [2.45, 2.75) is 45.3 Å². The highest BCUT2D eigenvalue weighted by Gasteiger charge is 2.14. The highest BCUT2D eigenvalue weighted by atomic mass is 16.3. The number of furan rings is 1. The van der Waals surface area contributed by atoms with Gasteiger partial charge in [-0.15, -0.1) is 0 Å². The van der Waals surface area contributed by atoms with Crippen LogP contribution >= 0.6 is 0 Å². The summed E-state index contributed by atoms with van der Waals surface area (Å²) in [6.07, 6.45) is 6.71. The Kier molecular flexibility index (Phi) is 5.77. The Labute approximate surface area is 185 Å². The molecule has 1 aromatic carbocycles. The number of aromatic amines is 1. The number of fused-ring (bicyclic) bond motifs is 3. The van der Waals surface area contributed by atoms with Crippen LogP contribution in [0.3, 0.4) is 0 Å². The highest BCUT2D eigenvalue weighted by molar-refractivity contribution is 6.06. The molecule has 8 heteroatoms. The standard InChI is InChI=1S/C24H27N5O3/c30-22(25-13-17-9-10-18(32-17)15-28-11-5-1-2-6-12-28)16-29-24(31)23-20(14-26-29)19-7-3-4-8-21(19)27-23/h3-4,7-10,14,27H,1-2,5-6,11-13,15-16H2,(H,25,30). The lowest BCUT2D eigenvalue weighted by Gasteiger charge is -2.17. The summed E-state index contributed by atoms with van der Waals surface area (Å²) >= 11 is 0. The Balaban J connectivity index is 1.20. The van der Waals surface area contributed by atoms with Gasteiger partial charge in [0.25, 0.3) is 5.56 Å². The van der Waals surface area contributed by atoms with Crippen molar-refractivity contribution in [3.63, 3.8) is 0 Å². The van der Waals surface area contributed by atoms with Crippen molar-refractivity contribution in [3.05, 3.63) is 64.5 Å². The first-order valence-electron chi connectivity index (χ1n) is 11.2. The van der Waals surface area contributed by atoms with Crippen molar-refractivity contribution < 1.29 is 9.21 Å². The molecule has 0 saturated carbocycles. The van der Waals surface area contributed by atoms with E-state index in [1.54, 1.807) is 6.20 Å². The van der Waals surface area contributed by atoms with E-state index in [1.165, 1.54) is 30.4 Å². The van der Waals surface area contributed by atoms with Crippen molar-refractivity contribution in [2.24, 2.45) is 0 Å². The Hall–Kier alpha value is -3.39. The van der Waals surface area contributed by atoms with Crippen LogP contribution in [0.2, 0.25) is 0 Å². The van der Waals surface area contributed by atoms with Crippen LogP contribution in [0.5, 0.6) is 0 Å². The van der Waals surface area contributed by atoms with Gasteiger partial charge in [-0.1, -0.05) is 31.0 Å². The predicted octanol–water partition coefficient (Wildman–Crippen LogP) is 3.16. The normalized spacial score (nSPS) is 15.2. The summed E-state index contributed by atoms with van der Waals surface area (Å²) in [6.45, 7) is 3.15. The van der Waals surface area contributed by atoms with Crippen molar-refractivity contribution >= 4 is 27.7 Å². The number of aromatic nitrogens is 3. The smallest absolute Gasteiger partial charge is 0.291 e. The molecule has 1 amide bonds. The highest BCUT2D eigenvalue weighted by Crippen LogP contribution is 2.21. The number of carbonyl (C=O) groups is 1. The Bertz CT molecular complexity index is 1290. The van der Waals surface area contributed by atoms with Crippen molar-refractivity contribution in [3.8, 4) is 0 Å². The number of para-hydroxylation sites is 1. The molecule has 8 nitrogen and oxygen atoms in total. The van der Waals surface area contributed by atoms with Crippen LogP contribution < -0.4 is 10.9 Å². The largest absolute Gasteiger partial charge is 0.463 e. The zero-order valence-corrected chi connectivity index (χ0v) is 18.0. The number of nitrogens with one attached hydrogen (secondary N) is 2. The molecule has 5 rings (SSSR count). The lowest BCUT2D eigenvalue weighted by molar-refractivity contribution is -0.122. The summed E-state index contributed by atoms with van der Waals surface area (Å²) in [5.74, 6) is 1.33. The second kappa shape index (κ2) is 9.00. The molecule has 4 aromatic rings. The maximum atomic E-state index is 12.8. The number of hydrogen-bond acceptors (Lipinski definition) is 5. The van der Waals surface area contributed by atoms with Crippen LogP contribution in [0, 0.1) is 0 Å². The van der Waals surface area contributed by atoms with E-state index in [2.05, 4.69) is 20.3 Å². The number of benzene rings is 1. The van der Waals surface area contributed by atoms with Gasteiger partial charge in [-0.2, -0.15) is 5.10 Å². The molecule has 2 N–H and O–H groups in total. The van der Waals surface area contributed by atoms with Gasteiger partial charge in [-0.05, 0) is 44.1 Å². The molecule has 0 atom stereocenters. The summed E-state index contributed by atoms with van der Waals surface area (Å²) in [5, 5.41) is 8.72. The summed E-state index contributed by atoms with van der Waals surface area (Å²) in [6, 6.07) is 11.6. The second-order valence-corrected chi connectivity index (χ2v) is 8.40. The zero-order chi connectivity index (χ0) is 21.9. The van der Waals surface area contributed by atoms with Crippen molar-refractivity contribution in [1.29, 1.82) is 0 Å². The molecule has 1 saturated heterocycles. The monoisotopic (exact) mass is 433 g/mol. The Morgan fingerprint density at radius 2 is 1.81 bits per heavy atom. The van der Waals surface area contributed by atoms with Crippen LogP contribution in [0.1, 0.15) is 37.2 Å². The van der Waals surface area contributed by atoms with Crippen LogP contribution in [0.4, 0.5) is 0 Å². The fourth-order valence-corrected chi connectivity index (χ4v) is 4.38. The van der Waals surface area contributed by atoms with Gasteiger partial charge in [-0.3, -0.25) is 14.5 Å². The minimum absolute atomic E-state index is 0.147. The van der Waals surface area contributed by atoms with E-state index in [-0.39, 0.29) is 24.6 Å². The van der Waals surface area contributed by atoms with Gasteiger partial charge < -0.3 is 14.7 Å². The summed E-state index contributed by atoms with van der Waals surface area (Å²) in [4.78, 5) is 30.8.